The van der Waals surface area contributed by atoms with Gasteiger partial charge in [-0.3, -0.25) is 0 Å². The number of nitrogens with one attached hydrogen (secondary N) is 1. The molecule has 1 rings (SSSR count). The van der Waals surface area contributed by atoms with Crippen LogP contribution in [0.25, 0.3) is 0 Å². The summed E-state index contributed by atoms with van der Waals surface area (Å²) in [6, 6.07) is 5.20. The molecule has 1 atom stereocenters. The monoisotopic (exact) mass is 261 g/mol. The maximum absolute atomic E-state index is 13.6. The van der Waals surface area contributed by atoms with E-state index in [1.807, 2.05) is 18.8 Å². The molecule has 4 heteroatoms. The summed E-state index contributed by atoms with van der Waals surface area (Å²) in [6.07, 6.45) is 3.83. The lowest BCUT2D eigenvalue weighted by Crippen LogP contribution is -2.28. The minimum Gasteiger partial charge on any atom is -0.317 e. The average Bonchev–Trinajstić information content (AvgIpc) is 2.27. The van der Waals surface area contributed by atoms with Gasteiger partial charge < -0.3 is 5.32 Å². The van der Waals surface area contributed by atoms with Gasteiger partial charge in [0.1, 0.15) is 5.82 Å². The minimum atomic E-state index is -0.211. The number of hydrogen-bond acceptors (Lipinski definition) is 2. The number of thioether (sulfide) groups is 1. The molecule has 0 saturated carbocycles. The van der Waals surface area contributed by atoms with Gasteiger partial charge in [0.15, 0.2) is 0 Å². The van der Waals surface area contributed by atoms with Crippen molar-refractivity contribution < 1.29 is 4.39 Å². The largest absolute Gasteiger partial charge is 0.317 e. The van der Waals surface area contributed by atoms with Gasteiger partial charge in [0.25, 0.3) is 0 Å². The molecule has 0 aliphatic rings. The molecule has 1 nitrogen and oxygen atoms in total. The zero-order chi connectivity index (χ0) is 12.0. The fraction of sp³-hybridized carbons (Fsp3) is 0.500. The van der Waals surface area contributed by atoms with Gasteiger partial charge in [-0.15, -0.1) is 0 Å². The van der Waals surface area contributed by atoms with E-state index in [0.29, 0.717) is 17.5 Å². The molecule has 90 valence electrons. The second kappa shape index (κ2) is 7.15. The Morgan fingerprint density at radius 1 is 1.50 bits per heavy atom. The summed E-state index contributed by atoms with van der Waals surface area (Å²) < 4.78 is 13.6. The van der Waals surface area contributed by atoms with Crippen molar-refractivity contribution >= 4 is 23.4 Å². The van der Waals surface area contributed by atoms with Gasteiger partial charge in [-0.05, 0) is 49.6 Å². The van der Waals surface area contributed by atoms with Crippen LogP contribution in [0.1, 0.15) is 12.0 Å². The molecule has 0 aliphatic carbocycles. The minimum absolute atomic E-state index is 0.211. The Morgan fingerprint density at radius 2 is 2.25 bits per heavy atom. The number of halogens is 2. The molecule has 1 unspecified atom stereocenters. The standard InChI is InChI=1S/C12H17ClFNS/c1-15-11(5-6-16-2)7-9-3-4-10(13)8-12(9)14/h3-4,8,11,15H,5-7H2,1-2H3. The van der Waals surface area contributed by atoms with Crippen LogP contribution in [0.5, 0.6) is 0 Å². The first kappa shape index (κ1) is 13.8. The van der Waals surface area contributed by atoms with Crippen LogP contribution < -0.4 is 5.32 Å². The van der Waals surface area contributed by atoms with Gasteiger partial charge in [-0.25, -0.2) is 4.39 Å². The molecule has 16 heavy (non-hydrogen) atoms. The molecule has 1 N–H and O–H groups in total. The summed E-state index contributed by atoms with van der Waals surface area (Å²) in [5.74, 6) is 0.873. The van der Waals surface area contributed by atoms with E-state index in [-0.39, 0.29) is 5.82 Å². The summed E-state index contributed by atoms with van der Waals surface area (Å²) in [6.45, 7) is 0. The van der Waals surface area contributed by atoms with E-state index in [0.717, 1.165) is 17.7 Å². The van der Waals surface area contributed by atoms with Gasteiger partial charge in [0.2, 0.25) is 0 Å². The van der Waals surface area contributed by atoms with Crippen LogP contribution in [0.2, 0.25) is 5.02 Å². The molecule has 0 amide bonds. The SMILES string of the molecule is CNC(CCSC)Cc1ccc(Cl)cc1F. The lowest BCUT2D eigenvalue weighted by molar-refractivity contribution is 0.525. The van der Waals surface area contributed by atoms with E-state index < -0.39 is 0 Å². The average molecular weight is 262 g/mol. The lowest BCUT2D eigenvalue weighted by Gasteiger charge is -2.16. The summed E-state index contributed by atoms with van der Waals surface area (Å²) >= 11 is 7.52. The highest BCUT2D eigenvalue weighted by atomic mass is 35.5. The highest BCUT2D eigenvalue weighted by Gasteiger charge is 2.10. The number of likely N-dealkylation sites (N-methyl/N-ethyl adjacent to an activating group) is 1. The fourth-order valence-corrected chi connectivity index (χ4v) is 2.24. The van der Waals surface area contributed by atoms with E-state index in [1.165, 1.54) is 6.07 Å². The Labute approximate surface area is 106 Å². The van der Waals surface area contributed by atoms with Crippen molar-refractivity contribution in [3.05, 3.63) is 34.6 Å². The first-order valence-electron chi connectivity index (χ1n) is 5.27. The van der Waals surface area contributed by atoms with Crippen LogP contribution in [-0.4, -0.2) is 25.1 Å². The smallest absolute Gasteiger partial charge is 0.127 e. The number of benzene rings is 1. The second-order valence-electron chi connectivity index (χ2n) is 3.71. The zero-order valence-electron chi connectivity index (χ0n) is 9.59. The third-order valence-electron chi connectivity index (χ3n) is 2.56. The zero-order valence-corrected chi connectivity index (χ0v) is 11.2. The fourth-order valence-electron chi connectivity index (χ4n) is 1.56. The Kier molecular flexibility index (Phi) is 6.17. The lowest BCUT2D eigenvalue weighted by atomic mass is 10.0. The van der Waals surface area contributed by atoms with E-state index in [9.17, 15) is 4.39 Å². The van der Waals surface area contributed by atoms with Gasteiger partial charge in [0.05, 0.1) is 0 Å². The summed E-state index contributed by atoms with van der Waals surface area (Å²) in [5, 5.41) is 3.66. The van der Waals surface area contributed by atoms with Crippen LogP contribution in [0, 0.1) is 5.82 Å². The molecular formula is C12H17ClFNS. The molecule has 1 aromatic rings. The number of hydrogen-bond donors (Lipinski definition) is 1. The van der Waals surface area contributed by atoms with Crippen LogP contribution in [-0.2, 0) is 6.42 Å². The molecular weight excluding hydrogens is 245 g/mol. The molecule has 0 aliphatic heterocycles. The van der Waals surface area contributed by atoms with E-state index in [1.54, 1.807) is 12.1 Å². The molecule has 0 fully saturated rings. The predicted molar refractivity (Wildman–Crippen MR) is 71.0 cm³/mol. The second-order valence-corrected chi connectivity index (χ2v) is 5.13. The Hall–Kier alpha value is -0.250. The summed E-state index contributed by atoms with van der Waals surface area (Å²) in [7, 11) is 1.92. The van der Waals surface area contributed by atoms with Crippen LogP contribution in [0.15, 0.2) is 18.2 Å². The first-order chi connectivity index (χ1) is 7.67. The van der Waals surface area contributed by atoms with Gasteiger partial charge in [-0.1, -0.05) is 17.7 Å². The third-order valence-corrected chi connectivity index (χ3v) is 3.44. The first-order valence-corrected chi connectivity index (χ1v) is 7.04. The molecule has 1 aromatic carbocycles. The maximum Gasteiger partial charge on any atom is 0.127 e. The third kappa shape index (κ3) is 4.32. The highest BCUT2D eigenvalue weighted by Crippen LogP contribution is 2.17. The van der Waals surface area contributed by atoms with Crippen molar-refractivity contribution in [2.24, 2.45) is 0 Å². The van der Waals surface area contributed by atoms with Crippen molar-refractivity contribution in [3.63, 3.8) is 0 Å². The Bertz CT molecular complexity index is 333. The molecule has 0 spiro atoms. The summed E-state index contributed by atoms with van der Waals surface area (Å²) in [5.41, 5.74) is 0.727. The van der Waals surface area contributed by atoms with Crippen molar-refractivity contribution in [1.29, 1.82) is 0 Å². The molecule has 0 saturated heterocycles. The molecule has 0 bridgehead atoms. The Morgan fingerprint density at radius 3 is 2.81 bits per heavy atom. The van der Waals surface area contributed by atoms with Gasteiger partial charge >= 0.3 is 0 Å². The predicted octanol–water partition coefficient (Wildman–Crippen LogP) is 3.36. The van der Waals surface area contributed by atoms with Crippen LogP contribution >= 0.6 is 23.4 Å². The van der Waals surface area contributed by atoms with E-state index >= 15 is 0 Å². The van der Waals surface area contributed by atoms with Crippen LogP contribution in [0.3, 0.4) is 0 Å². The summed E-state index contributed by atoms with van der Waals surface area (Å²) in [4.78, 5) is 0. The van der Waals surface area contributed by atoms with Gasteiger partial charge in [-0.2, -0.15) is 11.8 Å². The topological polar surface area (TPSA) is 12.0 Å². The molecule has 0 heterocycles. The van der Waals surface area contributed by atoms with Crippen molar-refractivity contribution in [2.75, 3.05) is 19.1 Å². The quantitative estimate of drug-likeness (QED) is 0.843. The highest BCUT2D eigenvalue weighted by molar-refractivity contribution is 7.98. The molecule has 0 aromatic heterocycles. The van der Waals surface area contributed by atoms with E-state index in [4.69, 9.17) is 11.6 Å². The van der Waals surface area contributed by atoms with Crippen molar-refractivity contribution in [2.45, 2.75) is 18.9 Å². The molecule has 0 radical (unpaired) electrons. The normalized spacial score (nSPS) is 12.8. The van der Waals surface area contributed by atoms with Crippen molar-refractivity contribution in [3.8, 4) is 0 Å². The number of rotatable bonds is 6. The maximum atomic E-state index is 13.6. The van der Waals surface area contributed by atoms with E-state index in [2.05, 4.69) is 11.6 Å². The van der Waals surface area contributed by atoms with Crippen LogP contribution in [0.4, 0.5) is 4.39 Å². The Balaban J connectivity index is 2.62. The van der Waals surface area contributed by atoms with Gasteiger partial charge in [0, 0.05) is 11.1 Å². The van der Waals surface area contributed by atoms with Crippen molar-refractivity contribution in [1.82, 2.24) is 5.32 Å².